The van der Waals surface area contributed by atoms with Crippen molar-refractivity contribution < 1.29 is 17.9 Å². The number of hydrogen-bond acceptors (Lipinski definition) is 7. The maximum atomic E-state index is 13.7. The van der Waals surface area contributed by atoms with Gasteiger partial charge in [-0.3, -0.25) is 9.36 Å². The monoisotopic (exact) mass is 601 g/mol. The van der Waals surface area contributed by atoms with E-state index < -0.39 is 10.0 Å². The maximum absolute atomic E-state index is 13.7. The van der Waals surface area contributed by atoms with Crippen molar-refractivity contribution in [1.29, 1.82) is 0 Å². The Morgan fingerprint density at radius 2 is 1.57 bits per heavy atom. The number of amides is 1. The Kier molecular flexibility index (Phi) is 8.03. The predicted molar refractivity (Wildman–Crippen MR) is 164 cm³/mol. The number of hydrogen-bond donors (Lipinski definition) is 0. The SMILES string of the molecule is COc1ccc(-n2c(SCC(=O)N3CCCCCC3)nnc2-c2cn(S(=O)(=O)c3ccccc3)c3ccccc23)cc1. The molecule has 0 atom stereocenters. The third-order valence-electron chi connectivity index (χ3n) is 7.47. The average Bonchev–Trinajstić information content (AvgIpc) is 3.51. The van der Waals surface area contributed by atoms with E-state index in [9.17, 15) is 13.2 Å². The molecule has 9 nitrogen and oxygen atoms in total. The number of carbonyl (C=O) groups excluding carboxylic acids is 1. The third-order valence-corrected chi connectivity index (χ3v) is 10.1. The number of fused-ring (bicyclic) bond motifs is 1. The van der Waals surface area contributed by atoms with Crippen molar-refractivity contribution in [3.8, 4) is 22.8 Å². The molecule has 0 unspecified atom stereocenters. The van der Waals surface area contributed by atoms with Crippen LogP contribution < -0.4 is 4.74 Å². The Morgan fingerprint density at radius 3 is 2.29 bits per heavy atom. The molecule has 1 fully saturated rings. The van der Waals surface area contributed by atoms with Crippen LogP contribution in [0.15, 0.2) is 95.1 Å². The highest BCUT2D eigenvalue weighted by molar-refractivity contribution is 7.99. The summed E-state index contributed by atoms with van der Waals surface area (Å²) in [5.74, 6) is 1.49. The van der Waals surface area contributed by atoms with Gasteiger partial charge in [-0.1, -0.05) is 61.0 Å². The zero-order valence-electron chi connectivity index (χ0n) is 23.2. The lowest BCUT2D eigenvalue weighted by Crippen LogP contribution is -2.33. The molecule has 6 rings (SSSR count). The number of likely N-dealkylation sites (tertiary alicyclic amines) is 1. The molecule has 0 bridgehead atoms. The van der Waals surface area contributed by atoms with Gasteiger partial charge in [0.15, 0.2) is 11.0 Å². The average molecular weight is 602 g/mol. The number of nitrogens with zero attached hydrogens (tertiary/aromatic N) is 5. The van der Waals surface area contributed by atoms with E-state index in [1.165, 1.54) is 15.7 Å². The van der Waals surface area contributed by atoms with Gasteiger partial charge in [0.05, 0.1) is 23.3 Å². The Hall–Kier alpha value is -4.09. The van der Waals surface area contributed by atoms with Gasteiger partial charge in [0.25, 0.3) is 10.0 Å². The van der Waals surface area contributed by atoms with Gasteiger partial charge in [-0.2, -0.15) is 0 Å². The molecule has 1 aliphatic heterocycles. The van der Waals surface area contributed by atoms with Crippen LogP contribution in [0.3, 0.4) is 0 Å². The van der Waals surface area contributed by atoms with Crippen LogP contribution in [0.1, 0.15) is 25.7 Å². The highest BCUT2D eigenvalue weighted by atomic mass is 32.2. The van der Waals surface area contributed by atoms with E-state index in [0.717, 1.165) is 49.8 Å². The second-order valence-electron chi connectivity index (χ2n) is 10.1. The first-order chi connectivity index (χ1) is 20.5. The number of carbonyl (C=O) groups is 1. The molecular weight excluding hydrogens is 571 g/mol. The number of thioether (sulfide) groups is 1. The molecule has 0 spiro atoms. The van der Waals surface area contributed by atoms with Gasteiger partial charge < -0.3 is 9.64 Å². The van der Waals surface area contributed by atoms with E-state index in [-0.39, 0.29) is 16.6 Å². The van der Waals surface area contributed by atoms with Crippen LogP contribution >= 0.6 is 11.8 Å². The topological polar surface area (TPSA) is 99.3 Å². The van der Waals surface area contributed by atoms with E-state index in [0.29, 0.717) is 27.8 Å². The summed E-state index contributed by atoms with van der Waals surface area (Å²) in [5.41, 5.74) is 1.91. The molecule has 5 aromatic rings. The second kappa shape index (κ2) is 12.0. The van der Waals surface area contributed by atoms with Crippen molar-refractivity contribution in [2.45, 2.75) is 35.7 Å². The second-order valence-corrected chi connectivity index (χ2v) is 12.9. The smallest absolute Gasteiger partial charge is 0.268 e. The van der Waals surface area contributed by atoms with Gasteiger partial charge in [-0.15, -0.1) is 10.2 Å². The quantitative estimate of drug-likeness (QED) is 0.213. The van der Waals surface area contributed by atoms with Crippen LogP contribution in [0.2, 0.25) is 0 Å². The van der Waals surface area contributed by atoms with Crippen LogP contribution in [-0.2, 0) is 14.8 Å². The summed E-state index contributed by atoms with van der Waals surface area (Å²) in [7, 11) is -2.27. The number of aromatic nitrogens is 4. The van der Waals surface area contributed by atoms with E-state index in [2.05, 4.69) is 10.2 Å². The maximum Gasteiger partial charge on any atom is 0.268 e. The molecule has 1 saturated heterocycles. The van der Waals surface area contributed by atoms with Gasteiger partial charge in [0, 0.05) is 35.9 Å². The number of rotatable bonds is 8. The molecule has 0 N–H and O–H groups in total. The third kappa shape index (κ3) is 5.41. The summed E-state index contributed by atoms with van der Waals surface area (Å²) in [5, 5.41) is 10.3. The van der Waals surface area contributed by atoms with Crippen molar-refractivity contribution in [2.75, 3.05) is 26.0 Å². The molecule has 2 aromatic heterocycles. The minimum absolute atomic E-state index is 0.0817. The van der Waals surface area contributed by atoms with Gasteiger partial charge in [-0.05, 0) is 55.3 Å². The van der Waals surface area contributed by atoms with E-state index >= 15 is 0 Å². The van der Waals surface area contributed by atoms with Gasteiger partial charge in [0.1, 0.15) is 5.75 Å². The summed E-state index contributed by atoms with van der Waals surface area (Å²) in [4.78, 5) is 15.3. The summed E-state index contributed by atoms with van der Waals surface area (Å²) < 4.78 is 36.0. The molecule has 0 saturated carbocycles. The highest BCUT2D eigenvalue weighted by Crippen LogP contribution is 2.36. The van der Waals surface area contributed by atoms with Crippen LogP contribution in [-0.4, -0.2) is 63.9 Å². The minimum Gasteiger partial charge on any atom is -0.497 e. The Morgan fingerprint density at radius 1 is 0.881 bits per heavy atom. The zero-order chi connectivity index (χ0) is 29.1. The summed E-state index contributed by atoms with van der Waals surface area (Å²) >= 11 is 1.33. The van der Waals surface area contributed by atoms with E-state index in [4.69, 9.17) is 4.74 Å². The molecule has 216 valence electrons. The highest BCUT2D eigenvalue weighted by Gasteiger charge is 2.26. The molecular formula is C31H31N5O4S2. The first-order valence-corrected chi connectivity index (χ1v) is 16.3. The van der Waals surface area contributed by atoms with Crippen molar-refractivity contribution in [3.63, 3.8) is 0 Å². The van der Waals surface area contributed by atoms with Crippen molar-refractivity contribution in [2.24, 2.45) is 0 Å². The molecule has 11 heteroatoms. The standard InChI is InChI=1S/C31H31N5O4S2/c1-40-24-17-15-23(16-18-24)36-30(32-33-31(36)41-22-29(37)34-19-9-2-3-10-20-34)27-21-35(28-14-8-7-13-26(27)28)42(38,39)25-11-5-4-6-12-25/h4-8,11-18,21H,2-3,9-10,19-20,22H2,1H3. The predicted octanol–water partition coefficient (Wildman–Crippen LogP) is 5.63. The Bertz CT molecular complexity index is 1810. The molecule has 3 aromatic carbocycles. The number of para-hydroxylation sites is 1. The fourth-order valence-electron chi connectivity index (χ4n) is 5.27. The minimum atomic E-state index is -3.88. The van der Waals surface area contributed by atoms with Crippen LogP contribution in [0.4, 0.5) is 0 Å². The lowest BCUT2D eigenvalue weighted by Gasteiger charge is -2.20. The largest absolute Gasteiger partial charge is 0.497 e. The summed E-state index contributed by atoms with van der Waals surface area (Å²) in [6.45, 7) is 1.57. The lowest BCUT2D eigenvalue weighted by molar-refractivity contribution is -0.128. The fraction of sp³-hybridized carbons (Fsp3) is 0.258. The normalized spacial score (nSPS) is 14.2. The zero-order valence-corrected chi connectivity index (χ0v) is 24.9. The van der Waals surface area contributed by atoms with Crippen LogP contribution in [0, 0.1) is 0 Å². The van der Waals surface area contributed by atoms with E-state index in [1.807, 2.05) is 51.9 Å². The number of ether oxygens (including phenoxy) is 1. The molecule has 0 radical (unpaired) electrons. The summed E-state index contributed by atoms with van der Waals surface area (Å²) in [6, 6.07) is 23.2. The van der Waals surface area contributed by atoms with Crippen LogP contribution in [0.5, 0.6) is 5.75 Å². The molecule has 1 aliphatic rings. The number of benzene rings is 3. The first-order valence-electron chi connectivity index (χ1n) is 13.9. The molecule has 42 heavy (non-hydrogen) atoms. The lowest BCUT2D eigenvalue weighted by atomic mass is 10.1. The van der Waals surface area contributed by atoms with Gasteiger partial charge in [-0.25, -0.2) is 12.4 Å². The molecule has 3 heterocycles. The Labute approximate surface area is 249 Å². The fourth-order valence-corrected chi connectivity index (χ4v) is 7.52. The molecule has 0 aliphatic carbocycles. The van der Waals surface area contributed by atoms with Gasteiger partial charge in [0.2, 0.25) is 5.91 Å². The Balaban J connectivity index is 1.44. The van der Waals surface area contributed by atoms with Crippen LogP contribution in [0.25, 0.3) is 28.0 Å². The van der Waals surface area contributed by atoms with Crippen molar-refractivity contribution >= 4 is 38.6 Å². The number of methoxy groups -OCH3 is 1. The summed E-state index contributed by atoms with van der Waals surface area (Å²) in [6.07, 6.45) is 5.96. The van der Waals surface area contributed by atoms with Crippen molar-refractivity contribution in [1.82, 2.24) is 23.6 Å². The van der Waals surface area contributed by atoms with Crippen molar-refractivity contribution in [3.05, 3.63) is 85.1 Å². The molecule has 1 amide bonds. The van der Waals surface area contributed by atoms with E-state index in [1.54, 1.807) is 49.7 Å². The first kappa shape index (κ1) is 28.0. The van der Waals surface area contributed by atoms with Gasteiger partial charge >= 0.3 is 0 Å².